The van der Waals surface area contributed by atoms with Crippen LogP contribution in [-0.4, -0.2) is 33.8 Å². The number of hydrogen-bond donors (Lipinski definition) is 0. The molecule has 1 saturated heterocycles. The lowest BCUT2D eigenvalue weighted by Gasteiger charge is -2.30. The Bertz CT molecular complexity index is 1430. The van der Waals surface area contributed by atoms with E-state index in [4.69, 9.17) is 49.0 Å². The van der Waals surface area contributed by atoms with Crippen molar-refractivity contribution in [2.45, 2.75) is 24.9 Å². The Morgan fingerprint density at radius 3 is 2.58 bits per heavy atom. The monoisotopic (exact) mass is 573 g/mol. The summed E-state index contributed by atoms with van der Waals surface area (Å²) in [5, 5.41) is 12.3. The molecule has 3 aromatic carbocycles. The number of rotatable bonds is 9. The SMILES string of the molecule is O=[N+]([O-])c1ccc(Cc2ccc(OCC3COC(Cn4ccnc4)(c4ccc(Cl)cc4Cl)O3)cc2)c(Cl)c1. The quantitative estimate of drug-likeness (QED) is 0.163. The largest absolute Gasteiger partial charge is 0.491 e. The number of imidazole rings is 1. The van der Waals surface area contributed by atoms with E-state index in [0.29, 0.717) is 46.0 Å². The van der Waals surface area contributed by atoms with Crippen molar-refractivity contribution >= 4 is 40.5 Å². The summed E-state index contributed by atoms with van der Waals surface area (Å²) in [7, 11) is 0. The third kappa shape index (κ3) is 5.95. The highest BCUT2D eigenvalue weighted by Gasteiger charge is 2.45. The number of non-ortho nitro benzene ring substituents is 1. The molecule has 0 bridgehead atoms. The van der Waals surface area contributed by atoms with E-state index >= 15 is 0 Å². The van der Waals surface area contributed by atoms with Gasteiger partial charge in [0.15, 0.2) is 0 Å². The number of ether oxygens (including phenoxy) is 3. The molecule has 4 aromatic rings. The molecule has 0 N–H and O–H groups in total. The number of hydrogen-bond acceptors (Lipinski definition) is 6. The van der Waals surface area contributed by atoms with Crippen LogP contribution in [0.4, 0.5) is 5.69 Å². The van der Waals surface area contributed by atoms with Crippen molar-refractivity contribution in [2.24, 2.45) is 0 Å². The van der Waals surface area contributed by atoms with Gasteiger partial charge in [0, 0.05) is 35.1 Å². The zero-order chi connectivity index (χ0) is 26.7. The molecule has 0 aliphatic carbocycles. The molecule has 2 atom stereocenters. The minimum Gasteiger partial charge on any atom is -0.491 e. The van der Waals surface area contributed by atoms with Crippen LogP contribution in [0.3, 0.4) is 0 Å². The average Bonchev–Trinajstić information content (AvgIpc) is 3.55. The van der Waals surface area contributed by atoms with Gasteiger partial charge < -0.3 is 18.8 Å². The molecular weight excluding hydrogens is 553 g/mol. The van der Waals surface area contributed by atoms with E-state index in [-0.39, 0.29) is 18.4 Å². The summed E-state index contributed by atoms with van der Waals surface area (Å²) < 4.78 is 20.5. The lowest BCUT2D eigenvalue weighted by molar-refractivity contribution is -0.384. The van der Waals surface area contributed by atoms with Crippen LogP contribution in [-0.2, 0) is 28.2 Å². The molecular formula is C27H22Cl3N3O5. The van der Waals surface area contributed by atoms with Crippen molar-refractivity contribution in [3.05, 3.63) is 121 Å². The van der Waals surface area contributed by atoms with Crippen LogP contribution in [0, 0.1) is 10.1 Å². The van der Waals surface area contributed by atoms with Gasteiger partial charge in [-0.15, -0.1) is 0 Å². The van der Waals surface area contributed by atoms with Crippen molar-refractivity contribution < 1.29 is 19.1 Å². The zero-order valence-corrected chi connectivity index (χ0v) is 22.2. The number of aromatic nitrogens is 2. The molecule has 38 heavy (non-hydrogen) atoms. The van der Waals surface area contributed by atoms with Gasteiger partial charge in [-0.3, -0.25) is 10.1 Å². The molecule has 2 heterocycles. The van der Waals surface area contributed by atoms with Gasteiger partial charge in [0.1, 0.15) is 18.5 Å². The molecule has 1 aromatic heterocycles. The van der Waals surface area contributed by atoms with Crippen LogP contribution < -0.4 is 4.74 Å². The fourth-order valence-electron chi connectivity index (χ4n) is 4.28. The minimum atomic E-state index is -1.12. The number of nitro benzene ring substituents is 1. The zero-order valence-electron chi connectivity index (χ0n) is 19.9. The summed E-state index contributed by atoms with van der Waals surface area (Å²) in [5.74, 6) is -0.451. The minimum absolute atomic E-state index is 0.0343. The van der Waals surface area contributed by atoms with Gasteiger partial charge in [-0.1, -0.05) is 59.1 Å². The highest BCUT2D eigenvalue weighted by atomic mass is 35.5. The lowest BCUT2D eigenvalue weighted by atomic mass is 10.0. The fourth-order valence-corrected chi connectivity index (χ4v) is 5.08. The van der Waals surface area contributed by atoms with Gasteiger partial charge >= 0.3 is 0 Å². The van der Waals surface area contributed by atoms with Gasteiger partial charge in [0.05, 0.1) is 34.4 Å². The van der Waals surface area contributed by atoms with E-state index in [2.05, 4.69) is 4.98 Å². The van der Waals surface area contributed by atoms with Crippen molar-refractivity contribution in [3.63, 3.8) is 0 Å². The Morgan fingerprint density at radius 2 is 1.89 bits per heavy atom. The Balaban J connectivity index is 1.23. The summed E-state index contributed by atoms with van der Waals surface area (Å²) in [6.45, 7) is 0.930. The maximum atomic E-state index is 10.9. The fraction of sp³-hybridized carbons (Fsp3) is 0.222. The Hall–Kier alpha value is -3.14. The summed E-state index contributed by atoms with van der Waals surface area (Å²) >= 11 is 18.9. The highest BCUT2D eigenvalue weighted by Crippen LogP contribution is 2.40. The molecule has 196 valence electrons. The van der Waals surface area contributed by atoms with Crippen LogP contribution in [0.25, 0.3) is 0 Å². The smallest absolute Gasteiger partial charge is 0.270 e. The van der Waals surface area contributed by atoms with Crippen LogP contribution in [0.2, 0.25) is 15.1 Å². The number of benzene rings is 3. The van der Waals surface area contributed by atoms with Crippen LogP contribution >= 0.6 is 34.8 Å². The predicted molar refractivity (Wildman–Crippen MR) is 144 cm³/mol. The first-order chi connectivity index (χ1) is 18.3. The first-order valence-electron chi connectivity index (χ1n) is 11.7. The third-order valence-electron chi connectivity index (χ3n) is 6.15. The molecule has 0 radical (unpaired) electrons. The number of nitro groups is 1. The van der Waals surface area contributed by atoms with Crippen molar-refractivity contribution in [1.82, 2.24) is 9.55 Å². The summed E-state index contributed by atoms with van der Waals surface area (Å²) in [6, 6.07) is 17.3. The second kappa shape index (κ2) is 11.3. The molecule has 0 amide bonds. The molecule has 11 heteroatoms. The predicted octanol–water partition coefficient (Wildman–Crippen LogP) is 6.69. The first-order valence-corrected chi connectivity index (χ1v) is 12.8. The maximum Gasteiger partial charge on any atom is 0.270 e. The molecule has 8 nitrogen and oxygen atoms in total. The average molecular weight is 575 g/mol. The molecule has 1 aliphatic heterocycles. The van der Waals surface area contributed by atoms with Gasteiger partial charge in [0.25, 0.3) is 5.69 Å². The normalized spacial score (nSPS) is 19.0. The third-order valence-corrected chi connectivity index (χ3v) is 7.05. The Labute approximate surface area is 233 Å². The van der Waals surface area contributed by atoms with E-state index in [1.54, 1.807) is 36.8 Å². The molecule has 1 fully saturated rings. The molecule has 1 aliphatic rings. The summed E-state index contributed by atoms with van der Waals surface area (Å²) in [5.41, 5.74) is 2.44. The maximum absolute atomic E-state index is 10.9. The van der Waals surface area contributed by atoms with E-state index in [0.717, 1.165) is 11.1 Å². The summed E-state index contributed by atoms with van der Waals surface area (Å²) in [6.07, 6.45) is 5.39. The van der Waals surface area contributed by atoms with Gasteiger partial charge in [-0.05, 0) is 41.8 Å². The van der Waals surface area contributed by atoms with E-state index in [1.807, 2.05) is 35.0 Å². The topological polar surface area (TPSA) is 88.7 Å². The first kappa shape index (κ1) is 26.5. The summed E-state index contributed by atoms with van der Waals surface area (Å²) in [4.78, 5) is 14.6. The molecule has 0 saturated carbocycles. The Morgan fingerprint density at radius 1 is 1.08 bits per heavy atom. The second-order valence-corrected chi connectivity index (χ2v) is 10.1. The molecule has 2 unspecified atom stereocenters. The van der Waals surface area contributed by atoms with E-state index in [1.165, 1.54) is 12.1 Å². The van der Waals surface area contributed by atoms with Gasteiger partial charge in [0.2, 0.25) is 5.79 Å². The van der Waals surface area contributed by atoms with Crippen LogP contribution in [0.15, 0.2) is 79.4 Å². The van der Waals surface area contributed by atoms with E-state index < -0.39 is 10.7 Å². The van der Waals surface area contributed by atoms with Crippen LogP contribution in [0.5, 0.6) is 5.75 Å². The highest BCUT2D eigenvalue weighted by molar-refractivity contribution is 6.35. The number of halogens is 3. The van der Waals surface area contributed by atoms with E-state index in [9.17, 15) is 10.1 Å². The lowest BCUT2D eigenvalue weighted by Crippen LogP contribution is -2.34. The van der Waals surface area contributed by atoms with Crippen molar-refractivity contribution in [1.29, 1.82) is 0 Å². The van der Waals surface area contributed by atoms with Gasteiger partial charge in [-0.25, -0.2) is 4.98 Å². The molecule has 0 spiro atoms. The standard InChI is InChI=1S/C27H22Cl3N3O5/c28-20-4-8-24(26(30)12-20)27(16-32-10-9-31-17-32)37-15-23(38-27)14-36-22-6-1-18(2-7-22)11-19-3-5-21(33(34)35)13-25(19)29/h1-10,12-13,17,23H,11,14-16H2. The Kier molecular flexibility index (Phi) is 7.88. The van der Waals surface area contributed by atoms with Gasteiger partial charge in [-0.2, -0.15) is 0 Å². The second-order valence-electron chi connectivity index (χ2n) is 8.83. The van der Waals surface area contributed by atoms with Crippen molar-refractivity contribution in [2.75, 3.05) is 13.2 Å². The van der Waals surface area contributed by atoms with Crippen LogP contribution in [0.1, 0.15) is 16.7 Å². The number of nitrogens with zero attached hydrogens (tertiary/aromatic N) is 3. The van der Waals surface area contributed by atoms with Crippen molar-refractivity contribution in [3.8, 4) is 5.75 Å². The molecule has 5 rings (SSSR count).